The Morgan fingerprint density at radius 1 is 1.17 bits per heavy atom. The quantitative estimate of drug-likeness (QED) is 0.787. The number of carbonyl (C=O) groups is 1. The summed E-state index contributed by atoms with van der Waals surface area (Å²) in [6, 6.07) is 14.8. The van der Waals surface area contributed by atoms with Gasteiger partial charge in [-0.05, 0) is 38.1 Å². The first-order valence-electron chi connectivity index (χ1n) is 7.44. The van der Waals surface area contributed by atoms with Gasteiger partial charge in [0.25, 0.3) is 5.91 Å². The third-order valence-corrected chi connectivity index (χ3v) is 3.51. The largest absolute Gasteiger partial charge is 0.492 e. The molecule has 1 unspecified atom stereocenters. The molecular formula is C18H20ClNO3. The molecule has 1 amide bonds. The molecule has 0 aliphatic carbocycles. The van der Waals surface area contributed by atoms with Crippen molar-refractivity contribution < 1.29 is 14.3 Å². The minimum absolute atomic E-state index is 0.211. The van der Waals surface area contributed by atoms with Gasteiger partial charge in [0.2, 0.25) is 0 Å². The van der Waals surface area contributed by atoms with Crippen LogP contribution in [0.2, 0.25) is 5.02 Å². The standard InChI is InChI=1S/C18H20ClNO3/c1-13-7-9-15(10-8-13)22-12-11-20-18(21)14(2)23-17-6-4-3-5-16(17)19/h3-10,14H,11-12H2,1-2H3,(H,20,21). The first-order chi connectivity index (χ1) is 11.1. The number of halogens is 1. The van der Waals surface area contributed by atoms with Crippen molar-refractivity contribution in [1.82, 2.24) is 5.32 Å². The summed E-state index contributed by atoms with van der Waals surface area (Å²) in [5.74, 6) is 1.07. The van der Waals surface area contributed by atoms with Crippen molar-refractivity contribution in [3.05, 3.63) is 59.1 Å². The highest BCUT2D eigenvalue weighted by molar-refractivity contribution is 6.32. The van der Waals surface area contributed by atoms with Crippen molar-refractivity contribution in [2.45, 2.75) is 20.0 Å². The predicted molar refractivity (Wildman–Crippen MR) is 91.2 cm³/mol. The molecule has 0 aliphatic heterocycles. The minimum atomic E-state index is -0.630. The van der Waals surface area contributed by atoms with Gasteiger partial charge in [-0.15, -0.1) is 0 Å². The summed E-state index contributed by atoms with van der Waals surface area (Å²) in [7, 11) is 0. The zero-order valence-electron chi connectivity index (χ0n) is 13.2. The summed E-state index contributed by atoms with van der Waals surface area (Å²) in [6.45, 7) is 4.50. The van der Waals surface area contributed by atoms with Crippen molar-refractivity contribution in [2.75, 3.05) is 13.2 Å². The fraction of sp³-hybridized carbons (Fsp3) is 0.278. The van der Waals surface area contributed by atoms with Crippen LogP contribution >= 0.6 is 11.6 Å². The Balaban J connectivity index is 1.72. The van der Waals surface area contributed by atoms with Crippen LogP contribution in [0.3, 0.4) is 0 Å². The maximum atomic E-state index is 12.0. The fourth-order valence-corrected chi connectivity index (χ4v) is 2.09. The summed E-state index contributed by atoms with van der Waals surface area (Å²) >= 11 is 6.00. The molecule has 0 aliphatic rings. The molecular weight excluding hydrogens is 314 g/mol. The lowest BCUT2D eigenvalue weighted by Crippen LogP contribution is -2.38. The smallest absolute Gasteiger partial charge is 0.260 e. The van der Waals surface area contributed by atoms with Gasteiger partial charge in [-0.3, -0.25) is 4.79 Å². The fourth-order valence-electron chi connectivity index (χ4n) is 1.91. The van der Waals surface area contributed by atoms with Crippen LogP contribution in [0.15, 0.2) is 48.5 Å². The van der Waals surface area contributed by atoms with Crippen LogP contribution in [0, 0.1) is 6.92 Å². The van der Waals surface area contributed by atoms with Gasteiger partial charge in [0.1, 0.15) is 18.1 Å². The summed E-state index contributed by atoms with van der Waals surface area (Å²) in [4.78, 5) is 12.0. The van der Waals surface area contributed by atoms with Crippen LogP contribution in [-0.2, 0) is 4.79 Å². The molecule has 0 radical (unpaired) electrons. The topological polar surface area (TPSA) is 47.6 Å². The summed E-state index contributed by atoms with van der Waals surface area (Å²) in [5, 5.41) is 3.25. The van der Waals surface area contributed by atoms with E-state index in [4.69, 9.17) is 21.1 Å². The number of ether oxygens (including phenoxy) is 2. The maximum absolute atomic E-state index is 12.0. The molecule has 1 N–H and O–H groups in total. The average molecular weight is 334 g/mol. The van der Waals surface area contributed by atoms with Crippen molar-refractivity contribution in [1.29, 1.82) is 0 Å². The Morgan fingerprint density at radius 3 is 2.57 bits per heavy atom. The number of rotatable bonds is 7. The van der Waals surface area contributed by atoms with Gasteiger partial charge in [0.15, 0.2) is 6.10 Å². The van der Waals surface area contributed by atoms with E-state index >= 15 is 0 Å². The Kier molecular flexibility index (Phi) is 6.29. The lowest BCUT2D eigenvalue weighted by molar-refractivity contribution is -0.127. The Labute approximate surface area is 141 Å². The molecule has 1 atom stereocenters. The molecule has 2 rings (SSSR count). The van der Waals surface area contributed by atoms with Gasteiger partial charge in [0, 0.05) is 0 Å². The number of hydrogen-bond acceptors (Lipinski definition) is 3. The SMILES string of the molecule is Cc1ccc(OCCNC(=O)C(C)Oc2ccccc2Cl)cc1. The van der Waals surface area contributed by atoms with Crippen LogP contribution in [0.1, 0.15) is 12.5 Å². The van der Waals surface area contributed by atoms with Crippen molar-refractivity contribution in [3.8, 4) is 11.5 Å². The highest BCUT2D eigenvalue weighted by atomic mass is 35.5. The van der Waals surface area contributed by atoms with Crippen LogP contribution in [0.4, 0.5) is 0 Å². The molecule has 0 fully saturated rings. The van der Waals surface area contributed by atoms with Crippen LogP contribution in [0.25, 0.3) is 0 Å². The molecule has 0 saturated heterocycles. The monoisotopic (exact) mass is 333 g/mol. The zero-order valence-corrected chi connectivity index (χ0v) is 14.0. The molecule has 0 spiro atoms. The van der Waals surface area contributed by atoms with Crippen molar-refractivity contribution >= 4 is 17.5 Å². The normalized spacial score (nSPS) is 11.6. The van der Waals surface area contributed by atoms with Crippen molar-refractivity contribution in [3.63, 3.8) is 0 Å². The van der Waals surface area contributed by atoms with Gasteiger partial charge in [-0.2, -0.15) is 0 Å². The minimum Gasteiger partial charge on any atom is -0.492 e. The summed E-state index contributed by atoms with van der Waals surface area (Å²) < 4.78 is 11.1. The molecule has 2 aromatic carbocycles. The lowest BCUT2D eigenvalue weighted by Gasteiger charge is -2.15. The Morgan fingerprint density at radius 2 is 1.87 bits per heavy atom. The number of nitrogens with one attached hydrogen (secondary N) is 1. The van der Waals surface area contributed by atoms with E-state index in [2.05, 4.69) is 5.32 Å². The lowest BCUT2D eigenvalue weighted by atomic mass is 10.2. The molecule has 0 heterocycles. The number of amides is 1. The summed E-state index contributed by atoms with van der Waals surface area (Å²) in [6.07, 6.45) is -0.630. The molecule has 0 saturated carbocycles. The number of benzene rings is 2. The van der Waals surface area contributed by atoms with E-state index in [1.807, 2.05) is 37.3 Å². The predicted octanol–water partition coefficient (Wildman–Crippen LogP) is 3.61. The molecule has 2 aromatic rings. The van der Waals surface area contributed by atoms with E-state index < -0.39 is 6.10 Å². The number of carbonyl (C=O) groups excluding carboxylic acids is 1. The van der Waals surface area contributed by atoms with Gasteiger partial charge in [-0.1, -0.05) is 41.4 Å². The molecule has 5 heteroatoms. The van der Waals surface area contributed by atoms with E-state index in [0.29, 0.717) is 23.9 Å². The van der Waals surface area contributed by atoms with Crippen LogP contribution in [0.5, 0.6) is 11.5 Å². The molecule has 0 aromatic heterocycles. The van der Waals surface area contributed by atoms with Gasteiger partial charge in [0.05, 0.1) is 11.6 Å². The van der Waals surface area contributed by atoms with Gasteiger partial charge in [-0.25, -0.2) is 0 Å². The average Bonchev–Trinajstić information content (AvgIpc) is 2.55. The molecule has 122 valence electrons. The molecule has 23 heavy (non-hydrogen) atoms. The van der Waals surface area contributed by atoms with Gasteiger partial charge < -0.3 is 14.8 Å². The number of hydrogen-bond donors (Lipinski definition) is 1. The van der Waals surface area contributed by atoms with Crippen LogP contribution < -0.4 is 14.8 Å². The van der Waals surface area contributed by atoms with Crippen molar-refractivity contribution in [2.24, 2.45) is 0 Å². The van der Waals surface area contributed by atoms with E-state index in [0.717, 1.165) is 5.75 Å². The van der Waals surface area contributed by atoms with E-state index in [9.17, 15) is 4.79 Å². The first kappa shape index (κ1) is 17.2. The maximum Gasteiger partial charge on any atom is 0.260 e. The van der Waals surface area contributed by atoms with Gasteiger partial charge >= 0.3 is 0 Å². The second kappa shape index (κ2) is 8.44. The molecule has 0 bridgehead atoms. The summed E-state index contributed by atoms with van der Waals surface area (Å²) in [5.41, 5.74) is 1.18. The Bertz CT molecular complexity index is 643. The first-order valence-corrected chi connectivity index (χ1v) is 7.82. The van der Waals surface area contributed by atoms with E-state index in [1.165, 1.54) is 5.56 Å². The van der Waals surface area contributed by atoms with E-state index in [-0.39, 0.29) is 5.91 Å². The number of aryl methyl sites for hydroxylation is 1. The second-order valence-corrected chi connectivity index (χ2v) is 5.55. The highest BCUT2D eigenvalue weighted by Crippen LogP contribution is 2.24. The number of para-hydroxylation sites is 1. The molecule has 4 nitrogen and oxygen atoms in total. The highest BCUT2D eigenvalue weighted by Gasteiger charge is 2.15. The van der Waals surface area contributed by atoms with E-state index in [1.54, 1.807) is 25.1 Å². The third-order valence-electron chi connectivity index (χ3n) is 3.20. The zero-order chi connectivity index (χ0) is 16.7. The Hall–Kier alpha value is -2.20. The second-order valence-electron chi connectivity index (χ2n) is 5.14. The third kappa shape index (κ3) is 5.49. The van der Waals surface area contributed by atoms with Crippen LogP contribution in [-0.4, -0.2) is 25.2 Å².